The highest BCUT2D eigenvalue weighted by atomic mass is 35.5. The molecule has 6 nitrogen and oxygen atoms in total. The molecular weight excluding hydrogens is 418 g/mol. The summed E-state index contributed by atoms with van der Waals surface area (Å²) in [6, 6.07) is 18.4. The van der Waals surface area contributed by atoms with Crippen molar-refractivity contribution in [3.8, 4) is 22.6 Å². The SMILES string of the molecule is COc1ccc(C(=O)Nc2oc3ccccc3c(=O)c2-c2ccc(Cl)cc2)cc1OC. The minimum atomic E-state index is -0.463. The number of carbonyl (C=O) groups is 1. The molecule has 0 saturated heterocycles. The minimum Gasteiger partial charge on any atom is -0.493 e. The van der Waals surface area contributed by atoms with Crippen LogP contribution in [0.3, 0.4) is 0 Å². The normalized spacial score (nSPS) is 10.7. The first kappa shape index (κ1) is 20.5. The summed E-state index contributed by atoms with van der Waals surface area (Å²) in [4.78, 5) is 26.2. The van der Waals surface area contributed by atoms with Crippen LogP contribution in [0.2, 0.25) is 5.02 Å². The van der Waals surface area contributed by atoms with Gasteiger partial charge >= 0.3 is 0 Å². The number of benzene rings is 3. The van der Waals surface area contributed by atoms with Crippen LogP contribution < -0.4 is 20.2 Å². The van der Waals surface area contributed by atoms with Crippen LogP contribution in [-0.2, 0) is 0 Å². The Morgan fingerprint density at radius 2 is 1.65 bits per heavy atom. The monoisotopic (exact) mass is 435 g/mol. The number of halogens is 1. The molecule has 4 aromatic rings. The lowest BCUT2D eigenvalue weighted by Crippen LogP contribution is -2.16. The number of hydrogen-bond acceptors (Lipinski definition) is 5. The van der Waals surface area contributed by atoms with E-state index in [1.165, 1.54) is 14.2 Å². The van der Waals surface area contributed by atoms with E-state index in [1.807, 2.05) is 0 Å². The van der Waals surface area contributed by atoms with Crippen molar-refractivity contribution in [1.29, 1.82) is 0 Å². The Bertz CT molecular complexity index is 1330. The number of para-hydroxylation sites is 1. The Kier molecular flexibility index (Phi) is 5.64. The van der Waals surface area contributed by atoms with Gasteiger partial charge in [0.05, 0.1) is 25.2 Å². The fraction of sp³-hybridized carbons (Fsp3) is 0.0833. The number of carbonyl (C=O) groups excluding carboxylic acids is 1. The summed E-state index contributed by atoms with van der Waals surface area (Å²) in [5.41, 5.74) is 1.24. The van der Waals surface area contributed by atoms with E-state index in [4.69, 9.17) is 25.5 Å². The summed E-state index contributed by atoms with van der Waals surface area (Å²) < 4.78 is 16.4. The average Bonchev–Trinajstić information content (AvgIpc) is 2.79. The van der Waals surface area contributed by atoms with Gasteiger partial charge in [-0.1, -0.05) is 35.9 Å². The molecule has 0 bridgehead atoms. The van der Waals surface area contributed by atoms with Crippen molar-refractivity contribution in [2.45, 2.75) is 0 Å². The highest BCUT2D eigenvalue weighted by molar-refractivity contribution is 6.30. The molecule has 0 atom stereocenters. The number of anilines is 1. The van der Waals surface area contributed by atoms with Crippen molar-refractivity contribution in [2.24, 2.45) is 0 Å². The van der Waals surface area contributed by atoms with Gasteiger partial charge in [-0.05, 0) is 48.0 Å². The maximum Gasteiger partial charge on any atom is 0.258 e. The van der Waals surface area contributed by atoms with Gasteiger partial charge in [-0.2, -0.15) is 0 Å². The quantitative estimate of drug-likeness (QED) is 0.455. The van der Waals surface area contributed by atoms with Gasteiger partial charge in [0.15, 0.2) is 11.5 Å². The molecular formula is C24H18ClNO5. The Hall–Kier alpha value is -3.77. The van der Waals surface area contributed by atoms with Crippen LogP contribution in [0.5, 0.6) is 11.5 Å². The van der Waals surface area contributed by atoms with Crippen LogP contribution in [0.25, 0.3) is 22.1 Å². The molecule has 1 amide bonds. The maximum atomic E-state index is 13.3. The molecule has 0 aliphatic rings. The molecule has 0 saturated carbocycles. The molecule has 4 rings (SSSR count). The Morgan fingerprint density at radius 3 is 2.35 bits per heavy atom. The molecule has 31 heavy (non-hydrogen) atoms. The lowest BCUT2D eigenvalue weighted by Gasteiger charge is -2.13. The van der Waals surface area contributed by atoms with E-state index in [0.29, 0.717) is 38.6 Å². The smallest absolute Gasteiger partial charge is 0.258 e. The number of amides is 1. The number of nitrogens with one attached hydrogen (secondary N) is 1. The molecule has 156 valence electrons. The molecule has 0 spiro atoms. The summed E-state index contributed by atoms with van der Waals surface area (Å²) in [5, 5.41) is 3.67. The summed E-state index contributed by atoms with van der Waals surface area (Å²) >= 11 is 6.00. The van der Waals surface area contributed by atoms with Gasteiger partial charge < -0.3 is 13.9 Å². The van der Waals surface area contributed by atoms with Crippen molar-refractivity contribution in [1.82, 2.24) is 0 Å². The second-order valence-corrected chi connectivity index (χ2v) is 7.10. The molecule has 3 aromatic carbocycles. The molecule has 1 heterocycles. The van der Waals surface area contributed by atoms with Gasteiger partial charge in [0.2, 0.25) is 11.3 Å². The van der Waals surface area contributed by atoms with Crippen LogP contribution in [0.15, 0.2) is 75.9 Å². The van der Waals surface area contributed by atoms with E-state index in [9.17, 15) is 9.59 Å². The maximum absolute atomic E-state index is 13.3. The second kappa shape index (κ2) is 8.53. The zero-order valence-corrected chi connectivity index (χ0v) is 17.5. The summed E-state index contributed by atoms with van der Waals surface area (Å²) in [6.07, 6.45) is 0. The van der Waals surface area contributed by atoms with Crippen LogP contribution in [0.1, 0.15) is 10.4 Å². The Balaban J connectivity index is 1.83. The fourth-order valence-electron chi connectivity index (χ4n) is 3.26. The molecule has 0 aliphatic carbocycles. The number of hydrogen-bond donors (Lipinski definition) is 1. The van der Waals surface area contributed by atoms with E-state index >= 15 is 0 Å². The number of fused-ring (bicyclic) bond motifs is 1. The Labute approximate surface area is 183 Å². The van der Waals surface area contributed by atoms with Gasteiger partial charge in [0.25, 0.3) is 5.91 Å². The third-order valence-electron chi connectivity index (χ3n) is 4.80. The van der Waals surface area contributed by atoms with Crippen LogP contribution in [0.4, 0.5) is 5.88 Å². The zero-order chi connectivity index (χ0) is 22.0. The molecule has 0 aliphatic heterocycles. The fourth-order valence-corrected chi connectivity index (χ4v) is 3.39. The first-order valence-electron chi connectivity index (χ1n) is 9.37. The summed E-state index contributed by atoms with van der Waals surface area (Å²) in [5.74, 6) is 0.492. The first-order valence-corrected chi connectivity index (χ1v) is 9.74. The Morgan fingerprint density at radius 1 is 0.935 bits per heavy atom. The highest BCUT2D eigenvalue weighted by Crippen LogP contribution is 2.31. The van der Waals surface area contributed by atoms with Crippen molar-refractivity contribution in [2.75, 3.05) is 19.5 Å². The van der Waals surface area contributed by atoms with Crippen LogP contribution in [0, 0.1) is 0 Å². The third kappa shape index (κ3) is 3.98. The van der Waals surface area contributed by atoms with Gasteiger partial charge in [-0.3, -0.25) is 14.9 Å². The first-order chi connectivity index (χ1) is 15.0. The van der Waals surface area contributed by atoms with Gasteiger partial charge in [0.1, 0.15) is 5.58 Å². The number of ether oxygens (including phenoxy) is 2. The van der Waals surface area contributed by atoms with E-state index in [-0.39, 0.29) is 16.9 Å². The summed E-state index contributed by atoms with van der Waals surface area (Å²) in [7, 11) is 3.00. The highest BCUT2D eigenvalue weighted by Gasteiger charge is 2.20. The van der Waals surface area contributed by atoms with E-state index in [0.717, 1.165) is 0 Å². The molecule has 0 unspecified atom stereocenters. The van der Waals surface area contributed by atoms with Gasteiger partial charge in [-0.25, -0.2) is 0 Å². The van der Waals surface area contributed by atoms with Crippen molar-refractivity contribution >= 4 is 34.4 Å². The minimum absolute atomic E-state index is 0.0470. The zero-order valence-electron chi connectivity index (χ0n) is 16.8. The predicted molar refractivity (Wildman–Crippen MR) is 120 cm³/mol. The topological polar surface area (TPSA) is 77.8 Å². The molecule has 0 radical (unpaired) electrons. The standard InChI is InChI=1S/C24H18ClNO5/c1-29-19-12-9-15(13-20(19)30-2)23(28)26-24-21(14-7-10-16(25)11-8-14)22(27)17-5-3-4-6-18(17)31-24/h3-13H,1-2H3,(H,26,28). The number of rotatable bonds is 5. The number of methoxy groups -OCH3 is 2. The summed E-state index contributed by atoms with van der Waals surface area (Å²) in [6.45, 7) is 0. The molecule has 0 fully saturated rings. The lowest BCUT2D eigenvalue weighted by atomic mass is 10.0. The lowest BCUT2D eigenvalue weighted by molar-refractivity contribution is 0.102. The average molecular weight is 436 g/mol. The van der Waals surface area contributed by atoms with Gasteiger partial charge in [0, 0.05) is 10.6 Å². The van der Waals surface area contributed by atoms with Crippen LogP contribution >= 0.6 is 11.6 Å². The van der Waals surface area contributed by atoms with E-state index < -0.39 is 5.91 Å². The predicted octanol–water partition coefficient (Wildman–Crippen LogP) is 5.38. The largest absolute Gasteiger partial charge is 0.493 e. The van der Waals surface area contributed by atoms with Gasteiger partial charge in [-0.15, -0.1) is 0 Å². The van der Waals surface area contributed by atoms with Crippen LogP contribution in [-0.4, -0.2) is 20.1 Å². The van der Waals surface area contributed by atoms with E-state index in [2.05, 4.69) is 5.32 Å². The molecule has 1 aromatic heterocycles. The van der Waals surface area contributed by atoms with Crippen molar-refractivity contribution in [3.63, 3.8) is 0 Å². The van der Waals surface area contributed by atoms with Crippen molar-refractivity contribution < 1.29 is 18.7 Å². The second-order valence-electron chi connectivity index (χ2n) is 6.66. The van der Waals surface area contributed by atoms with E-state index in [1.54, 1.807) is 66.7 Å². The van der Waals surface area contributed by atoms with Crippen molar-refractivity contribution in [3.05, 3.63) is 87.5 Å². The molecule has 1 N–H and O–H groups in total. The molecule has 7 heteroatoms. The third-order valence-corrected chi connectivity index (χ3v) is 5.06.